The predicted octanol–water partition coefficient (Wildman–Crippen LogP) is 4.13. The molecule has 0 unspecified atom stereocenters. The van der Waals surface area contributed by atoms with Crippen molar-refractivity contribution < 1.29 is 35.8 Å². The van der Waals surface area contributed by atoms with Gasteiger partial charge in [0.2, 0.25) is 0 Å². The zero-order chi connectivity index (χ0) is 24.2. The Labute approximate surface area is 182 Å². The summed E-state index contributed by atoms with van der Waals surface area (Å²) in [6, 6.07) is 5.92. The Morgan fingerprint density at radius 3 is 2.18 bits per heavy atom. The molecule has 0 aliphatic carbocycles. The zero-order valence-corrected chi connectivity index (χ0v) is 17.0. The van der Waals surface area contributed by atoms with E-state index in [1.807, 2.05) is 4.90 Å². The molecule has 33 heavy (non-hydrogen) atoms. The van der Waals surface area contributed by atoms with E-state index in [2.05, 4.69) is 15.4 Å². The van der Waals surface area contributed by atoms with Crippen molar-refractivity contribution >= 4 is 11.5 Å². The SMILES string of the molecule is CC1(O)CN([C@H](CNc2cc(C(F)(F)F)nc3cc(C(F)(F)F)nn23)c2ccc(F)cc2)C1. The third-order valence-corrected chi connectivity index (χ3v) is 5.27. The van der Waals surface area contributed by atoms with E-state index in [1.165, 1.54) is 24.3 Å². The molecular weight excluding hydrogens is 459 g/mol. The molecule has 0 saturated carbocycles. The summed E-state index contributed by atoms with van der Waals surface area (Å²) in [7, 11) is 0. The minimum Gasteiger partial charge on any atom is -0.388 e. The minimum absolute atomic E-state index is 0.0562. The molecule has 1 atom stereocenters. The van der Waals surface area contributed by atoms with Gasteiger partial charge in [-0.3, -0.25) is 4.90 Å². The van der Waals surface area contributed by atoms with Crippen molar-refractivity contribution in [3.63, 3.8) is 0 Å². The van der Waals surface area contributed by atoms with Crippen LogP contribution < -0.4 is 5.32 Å². The van der Waals surface area contributed by atoms with Crippen molar-refractivity contribution in [3.05, 3.63) is 59.2 Å². The van der Waals surface area contributed by atoms with Crippen LogP contribution in [0.2, 0.25) is 0 Å². The van der Waals surface area contributed by atoms with Gasteiger partial charge in [-0.2, -0.15) is 36.0 Å². The average Bonchev–Trinajstić information content (AvgIpc) is 3.12. The van der Waals surface area contributed by atoms with Crippen molar-refractivity contribution in [1.82, 2.24) is 19.5 Å². The highest BCUT2D eigenvalue weighted by molar-refractivity contribution is 5.51. The highest BCUT2D eigenvalue weighted by Crippen LogP contribution is 2.35. The highest BCUT2D eigenvalue weighted by atomic mass is 19.4. The zero-order valence-electron chi connectivity index (χ0n) is 17.0. The van der Waals surface area contributed by atoms with Crippen LogP contribution in [0.25, 0.3) is 5.65 Å². The van der Waals surface area contributed by atoms with Gasteiger partial charge in [0, 0.05) is 31.8 Å². The number of hydrogen-bond donors (Lipinski definition) is 2. The van der Waals surface area contributed by atoms with Gasteiger partial charge in [0.15, 0.2) is 17.0 Å². The maximum atomic E-state index is 13.4. The molecule has 13 heteroatoms. The smallest absolute Gasteiger partial charge is 0.388 e. The van der Waals surface area contributed by atoms with E-state index in [4.69, 9.17) is 0 Å². The summed E-state index contributed by atoms with van der Waals surface area (Å²) in [6.45, 7) is 2.05. The number of halogens is 7. The molecule has 178 valence electrons. The molecule has 1 aliphatic rings. The average molecular weight is 477 g/mol. The number of alkyl halides is 6. The number of anilines is 1. The van der Waals surface area contributed by atoms with Gasteiger partial charge in [0.25, 0.3) is 0 Å². The van der Waals surface area contributed by atoms with Crippen LogP contribution in [0.3, 0.4) is 0 Å². The summed E-state index contributed by atoms with van der Waals surface area (Å²) in [5, 5.41) is 16.2. The molecule has 1 fully saturated rings. The summed E-state index contributed by atoms with van der Waals surface area (Å²) in [5.41, 5.74) is -3.74. The summed E-state index contributed by atoms with van der Waals surface area (Å²) in [6.07, 6.45) is -9.77. The van der Waals surface area contributed by atoms with Crippen molar-refractivity contribution in [2.24, 2.45) is 0 Å². The van der Waals surface area contributed by atoms with Gasteiger partial charge in [-0.1, -0.05) is 12.1 Å². The molecule has 3 heterocycles. The van der Waals surface area contributed by atoms with Crippen LogP contribution in [0, 0.1) is 5.82 Å². The number of likely N-dealkylation sites (tertiary alicyclic amines) is 1. The first-order valence-electron chi connectivity index (χ1n) is 9.74. The lowest BCUT2D eigenvalue weighted by Crippen LogP contribution is -2.61. The minimum atomic E-state index is -4.90. The molecule has 0 bridgehead atoms. The van der Waals surface area contributed by atoms with Crippen LogP contribution in [0.4, 0.5) is 36.6 Å². The van der Waals surface area contributed by atoms with E-state index >= 15 is 0 Å². The van der Waals surface area contributed by atoms with Crippen LogP contribution in [0.1, 0.15) is 29.9 Å². The number of hydrogen-bond acceptors (Lipinski definition) is 5. The fourth-order valence-corrected chi connectivity index (χ4v) is 3.78. The van der Waals surface area contributed by atoms with Crippen LogP contribution in [0.15, 0.2) is 36.4 Å². The Morgan fingerprint density at radius 2 is 1.64 bits per heavy atom. The second kappa shape index (κ2) is 7.83. The molecule has 2 aromatic heterocycles. The van der Waals surface area contributed by atoms with Gasteiger partial charge < -0.3 is 10.4 Å². The number of rotatable bonds is 5. The fraction of sp³-hybridized carbons (Fsp3) is 0.400. The first kappa shape index (κ1) is 23.2. The van der Waals surface area contributed by atoms with Gasteiger partial charge in [-0.05, 0) is 24.6 Å². The van der Waals surface area contributed by atoms with E-state index in [9.17, 15) is 35.8 Å². The topological polar surface area (TPSA) is 65.7 Å². The van der Waals surface area contributed by atoms with E-state index in [0.717, 1.165) is 0 Å². The first-order chi connectivity index (χ1) is 15.2. The molecule has 0 amide bonds. The second-order valence-electron chi connectivity index (χ2n) is 8.17. The van der Waals surface area contributed by atoms with Crippen LogP contribution in [-0.2, 0) is 12.4 Å². The van der Waals surface area contributed by atoms with E-state index in [-0.39, 0.29) is 25.5 Å². The molecule has 1 aromatic carbocycles. The molecule has 0 radical (unpaired) electrons. The summed E-state index contributed by atoms with van der Waals surface area (Å²) < 4.78 is 93.2. The van der Waals surface area contributed by atoms with E-state index < -0.39 is 46.8 Å². The lowest BCUT2D eigenvalue weighted by atomic mass is 9.92. The normalized spacial score (nSPS) is 17.7. The standard InChI is InChI=1S/C20H18F7N5O/c1-18(33)9-31(10-18)13(11-2-4-12(21)5-3-11)8-28-16-6-14(19(22,23)24)29-17-7-15(20(25,26)27)30-32(16)17/h2-7,13,28,33H,8-10H2,1H3/t13-/m1/s1. The molecule has 6 nitrogen and oxygen atoms in total. The predicted molar refractivity (Wildman–Crippen MR) is 103 cm³/mol. The quantitative estimate of drug-likeness (QED) is 0.542. The lowest BCUT2D eigenvalue weighted by Gasteiger charge is -2.48. The fourth-order valence-electron chi connectivity index (χ4n) is 3.78. The summed E-state index contributed by atoms with van der Waals surface area (Å²) >= 11 is 0. The Morgan fingerprint density at radius 1 is 1.03 bits per heavy atom. The van der Waals surface area contributed by atoms with E-state index in [1.54, 1.807) is 6.92 Å². The Hall–Kier alpha value is -2.93. The Balaban J connectivity index is 1.69. The number of aliphatic hydroxyl groups is 1. The Bertz CT molecular complexity index is 1150. The van der Waals surface area contributed by atoms with Gasteiger partial charge in [-0.25, -0.2) is 9.37 Å². The number of aromatic nitrogens is 3. The maximum absolute atomic E-state index is 13.4. The second-order valence-corrected chi connectivity index (χ2v) is 8.17. The van der Waals surface area contributed by atoms with Crippen LogP contribution in [-0.4, -0.2) is 49.8 Å². The largest absolute Gasteiger partial charge is 0.435 e. The lowest BCUT2D eigenvalue weighted by molar-refractivity contribution is -0.142. The number of benzene rings is 1. The molecule has 1 aliphatic heterocycles. The van der Waals surface area contributed by atoms with Gasteiger partial charge in [0.1, 0.15) is 11.6 Å². The van der Waals surface area contributed by atoms with Gasteiger partial charge in [-0.15, -0.1) is 0 Å². The van der Waals surface area contributed by atoms with Crippen LogP contribution >= 0.6 is 0 Å². The monoisotopic (exact) mass is 477 g/mol. The summed E-state index contributed by atoms with van der Waals surface area (Å²) in [4.78, 5) is 5.08. The van der Waals surface area contributed by atoms with Gasteiger partial charge in [0.05, 0.1) is 11.6 Å². The number of β-amino-alcohol motifs (C(OH)–C–C–N with tert-alkyl or cyclic N) is 1. The highest BCUT2D eigenvalue weighted by Gasteiger charge is 2.41. The molecule has 4 rings (SSSR count). The molecule has 2 N–H and O–H groups in total. The molecule has 0 spiro atoms. The van der Waals surface area contributed by atoms with Gasteiger partial charge >= 0.3 is 12.4 Å². The number of fused-ring (bicyclic) bond motifs is 1. The maximum Gasteiger partial charge on any atom is 0.435 e. The third-order valence-electron chi connectivity index (χ3n) is 5.27. The van der Waals surface area contributed by atoms with Crippen molar-refractivity contribution in [2.75, 3.05) is 25.0 Å². The number of nitrogens with zero attached hydrogens (tertiary/aromatic N) is 4. The third kappa shape index (κ3) is 4.88. The van der Waals surface area contributed by atoms with E-state index in [0.29, 0.717) is 22.2 Å². The Kier molecular flexibility index (Phi) is 5.52. The van der Waals surface area contributed by atoms with Crippen molar-refractivity contribution in [2.45, 2.75) is 30.9 Å². The first-order valence-corrected chi connectivity index (χ1v) is 9.74. The van der Waals surface area contributed by atoms with Crippen molar-refractivity contribution in [3.8, 4) is 0 Å². The van der Waals surface area contributed by atoms with Crippen molar-refractivity contribution in [1.29, 1.82) is 0 Å². The number of nitrogens with one attached hydrogen (secondary N) is 1. The van der Waals surface area contributed by atoms with Crippen LogP contribution in [0.5, 0.6) is 0 Å². The summed E-state index contributed by atoms with van der Waals surface area (Å²) in [5.74, 6) is -0.829. The molecular formula is C20H18F7N5O. The molecule has 1 saturated heterocycles. The molecule has 3 aromatic rings.